The Hall–Kier alpha value is -2.41. The van der Waals surface area contributed by atoms with Gasteiger partial charge in [-0.25, -0.2) is 9.18 Å². The van der Waals surface area contributed by atoms with Crippen LogP contribution in [0, 0.1) is 5.82 Å². The third-order valence-corrected chi connectivity index (χ3v) is 4.15. The zero-order chi connectivity index (χ0) is 17.3. The molecular weight excluding hydrogens is 313 g/mol. The minimum atomic E-state index is -1.02. The van der Waals surface area contributed by atoms with Gasteiger partial charge in [-0.2, -0.15) is 0 Å². The molecular formula is C17H20FN3O3. The lowest BCUT2D eigenvalue weighted by atomic mass is 10.1. The van der Waals surface area contributed by atoms with E-state index in [2.05, 4.69) is 28.7 Å². The van der Waals surface area contributed by atoms with E-state index >= 15 is 0 Å². The van der Waals surface area contributed by atoms with Crippen molar-refractivity contribution in [3.63, 3.8) is 0 Å². The van der Waals surface area contributed by atoms with Gasteiger partial charge in [0.25, 0.3) is 0 Å². The first-order chi connectivity index (χ1) is 11.4. The second-order valence-corrected chi connectivity index (χ2v) is 6.28. The lowest BCUT2D eigenvalue weighted by Crippen LogP contribution is -2.56. The van der Waals surface area contributed by atoms with Crippen LogP contribution in [-0.2, 0) is 6.42 Å². The van der Waals surface area contributed by atoms with Gasteiger partial charge >= 0.3 is 5.97 Å². The molecule has 2 aromatic rings. The molecule has 0 saturated carbocycles. The van der Waals surface area contributed by atoms with Gasteiger partial charge in [-0.05, 0) is 19.9 Å². The number of carbonyl (C=O) groups is 1. The number of pyridine rings is 1. The fourth-order valence-corrected chi connectivity index (χ4v) is 2.65. The SMILES string of the molecule is CC(C)N1CC(Oc2cnc(Cc3cc(C(=O)O)c[nH]3)c(F)c2)C1. The van der Waals surface area contributed by atoms with E-state index in [1.165, 1.54) is 24.5 Å². The number of rotatable bonds is 6. The molecule has 3 heterocycles. The third-order valence-electron chi connectivity index (χ3n) is 4.15. The Balaban J connectivity index is 1.61. The van der Waals surface area contributed by atoms with Crippen molar-refractivity contribution in [3.05, 3.63) is 47.3 Å². The standard InChI is InChI=1S/C17H20FN3O3/c1-10(2)21-8-14(9-21)24-13-5-15(18)16(20-7-13)4-12-3-11(6-19-12)17(22)23/h3,5-7,10,14,19H,4,8-9H2,1-2H3,(H,22,23). The Bertz CT molecular complexity index is 738. The van der Waals surface area contributed by atoms with Crippen LogP contribution in [-0.4, -0.2) is 51.2 Å². The fourth-order valence-electron chi connectivity index (χ4n) is 2.65. The third kappa shape index (κ3) is 3.56. The Labute approximate surface area is 139 Å². The van der Waals surface area contributed by atoms with Gasteiger partial charge in [0.05, 0.1) is 17.5 Å². The number of carboxylic acid groups (broad SMARTS) is 1. The highest BCUT2D eigenvalue weighted by Crippen LogP contribution is 2.21. The summed E-state index contributed by atoms with van der Waals surface area (Å²) >= 11 is 0. The molecule has 0 bridgehead atoms. The normalized spacial score (nSPS) is 15.5. The second-order valence-electron chi connectivity index (χ2n) is 6.28. The van der Waals surface area contributed by atoms with Crippen molar-refractivity contribution in [1.29, 1.82) is 0 Å². The minimum Gasteiger partial charge on any atom is -0.486 e. The summed E-state index contributed by atoms with van der Waals surface area (Å²) in [7, 11) is 0. The van der Waals surface area contributed by atoms with Crippen molar-refractivity contribution >= 4 is 5.97 Å². The van der Waals surface area contributed by atoms with E-state index in [0.29, 0.717) is 17.5 Å². The highest BCUT2D eigenvalue weighted by Gasteiger charge is 2.30. The van der Waals surface area contributed by atoms with Crippen molar-refractivity contribution < 1.29 is 19.0 Å². The Morgan fingerprint density at radius 3 is 2.83 bits per heavy atom. The van der Waals surface area contributed by atoms with Gasteiger partial charge in [-0.3, -0.25) is 9.88 Å². The molecule has 0 unspecified atom stereocenters. The Morgan fingerprint density at radius 1 is 1.50 bits per heavy atom. The van der Waals surface area contributed by atoms with Gasteiger partial charge in [0.15, 0.2) is 0 Å². The Kier molecular flexibility index (Phi) is 4.53. The minimum absolute atomic E-state index is 0.0704. The molecule has 0 aromatic carbocycles. The van der Waals surface area contributed by atoms with Crippen LogP contribution in [0.3, 0.4) is 0 Å². The number of nitrogens with zero attached hydrogens (tertiary/aromatic N) is 2. The number of likely N-dealkylation sites (tertiary alicyclic amines) is 1. The van der Waals surface area contributed by atoms with E-state index in [0.717, 1.165) is 13.1 Å². The maximum Gasteiger partial charge on any atom is 0.337 e. The molecule has 0 radical (unpaired) electrons. The van der Waals surface area contributed by atoms with E-state index in [1.807, 2.05) is 0 Å². The van der Waals surface area contributed by atoms with E-state index in [-0.39, 0.29) is 23.8 Å². The molecule has 1 aliphatic heterocycles. The van der Waals surface area contributed by atoms with E-state index in [4.69, 9.17) is 9.84 Å². The summed E-state index contributed by atoms with van der Waals surface area (Å²) in [4.78, 5) is 20.1. The maximum atomic E-state index is 14.2. The first-order valence-electron chi connectivity index (χ1n) is 7.88. The van der Waals surface area contributed by atoms with E-state index in [1.54, 1.807) is 0 Å². The summed E-state index contributed by atoms with van der Waals surface area (Å²) in [6, 6.07) is 3.29. The van der Waals surface area contributed by atoms with Gasteiger partial charge in [0, 0.05) is 43.5 Å². The van der Waals surface area contributed by atoms with Crippen LogP contribution >= 0.6 is 0 Å². The molecule has 1 aliphatic rings. The average Bonchev–Trinajstić information content (AvgIpc) is 2.93. The van der Waals surface area contributed by atoms with Gasteiger partial charge in [-0.15, -0.1) is 0 Å². The number of hydrogen-bond acceptors (Lipinski definition) is 4. The Morgan fingerprint density at radius 2 is 2.25 bits per heavy atom. The number of ether oxygens (including phenoxy) is 1. The molecule has 3 rings (SSSR count). The highest BCUT2D eigenvalue weighted by atomic mass is 19.1. The highest BCUT2D eigenvalue weighted by molar-refractivity contribution is 5.87. The van der Waals surface area contributed by atoms with Crippen molar-refractivity contribution in [3.8, 4) is 5.75 Å². The maximum absolute atomic E-state index is 14.2. The van der Waals surface area contributed by atoms with Crippen LogP contribution in [0.2, 0.25) is 0 Å². The van der Waals surface area contributed by atoms with Crippen molar-refractivity contribution in [2.75, 3.05) is 13.1 Å². The van der Waals surface area contributed by atoms with Crippen molar-refractivity contribution in [2.45, 2.75) is 32.4 Å². The molecule has 2 aromatic heterocycles. The predicted molar refractivity (Wildman–Crippen MR) is 85.9 cm³/mol. The summed E-state index contributed by atoms with van der Waals surface area (Å²) in [6.45, 7) is 5.92. The zero-order valence-corrected chi connectivity index (χ0v) is 13.6. The molecule has 0 amide bonds. The molecule has 1 fully saturated rings. The van der Waals surface area contributed by atoms with Crippen LogP contribution in [0.4, 0.5) is 4.39 Å². The molecule has 2 N–H and O–H groups in total. The number of nitrogens with one attached hydrogen (secondary N) is 1. The molecule has 7 heteroatoms. The van der Waals surface area contributed by atoms with Crippen molar-refractivity contribution in [2.24, 2.45) is 0 Å². The molecule has 0 atom stereocenters. The first kappa shape index (κ1) is 16.4. The molecule has 0 spiro atoms. The predicted octanol–water partition coefficient (Wildman–Crippen LogP) is 2.31. The summed E-state index contributed by atoms with van der Waals surface area (Å²) in [6.07, 6.45) is 3.16. The molecule has 1 saturated heterocycles. The van der Waals surface area contributed by atoms with E-state index in [9.17, 15) is 9.18 Å². The average molecular weight is 333 g/mol. The molecule has 128 valence electrons. The van der Waals surface area contributed by atoms with Crippen LogP contribution in [0.15, 0.2) is 24.5 Å². The van der Waals surface area contributed by atoms with Crippen LogP contribution in [0.5, 0.6) is 5.75 Å². The topological polar surface area (TPSA) is 78.4 Å². The second kappa shape index (κ2) is 6.60. The summed E-state index contributed by atoms with van der Waals surface area (Å²) in [5, 5.41) is 8.89. The molecule has 24 heavy (non-hydrogen) atoms. The number of H-pyrrole nitrogens is 1. The number of aromatic carboxylic acids is 1. The number of aromatic nitrogens is 2. The quantitative estimate of drug-likeness (QED) is 0.848. The van der Waals surface area contributed by atoms with Gasteiger partial charge in [0.1, 0.15) is 17.7 Å². The van der Waals surface area contributed by atoms with Gasteiger partial charge < -0.3 is 14.8 Å². The van der Waals surface area contributed by atoms with Crippen molar-refractivity contribution in [1.82, 2.24) is 14.9 Å². The zero-order valence-electron chi connectivity index (χ0n) is 13.6. The van der Waals surface area contributed by atoms with Gasteiger partial charge in [0.2, 0.25) is 0 Å². The largest absolute Gasteiger partial charge is 0.486 e. The monoisotopic (exact) mass is 333 g/mol. The summed E-state index contributed by atoms with van der Waals surface area (Å²) in [5.41, 5.74) is 0.989. The molecule has 6 nitrogen and oxygen atoms in total. The first-order valence-corrected chi connectivity index (χ1v) is 7.88. The summed E-state index contributed by atoms with van der Waals surface area (Å²) in [5.74, 6) is -1.06. The van der Waals surface area contributed by atoms with Crippen LogP contribution in [0.25, 0.3) is 0 Å². The fraction of sp³-hybridized carbons (Fsp3) is 0.412. The number of aromatic amines is 1. The van der Waals surface area contributed by atoms with Gasteiger partial charge in [-0.1, -0.05) is 0 Å². The smallest absolute Gasteiger partial charge is 0.337 e. The summed E-state index contributed by atoms with van der Waals surface area (Å²) < 4.78 is 19.9. The van der Waals surface area contributed by atoms with Crippen LogP contribution in [0.1, 0.15) is 35.6 Å². The number of hydrogen-bond donors (Lipinski definition) is 2. The lowest BCUT2D eigenvalue weighted by Gasteiger charge is -2.41. The molecule has 0 aliphatic carbocycles. The lowest BCUT2D eigenvalue weighted by molar-refractivity contribution is -0.000213. The number of halogens is 1. The number of carboxylic acids is 1. The van der Waals surface area contributed by atoms with Crippen LogP contribution < -0.4 is 4.74 Å². The van der Waals surface area contributed by atoms with E-state index < -0.39 is 11.8 Å².